The molecular weight excluding hydrogens is 244 g/mol. The molecule has 0 saturated heterocycles. The first-order chi connectivity index (χ1) is 9.72. The highest BCUT2D eigenvalue weighted by atomic mass is 14.8. The Balaban J connectivity index is 1.78. The largest absolute Gasteiger partial charge is 0.265 e. The van der Waals surface area contributed by atoms with Gasteiger partial charge in [-0.05, 0) is 59.7 Å². The van der Waals surface area contributed by atoms with E-state index in [1.165, 1.54) is 28.8 Å². The second-order valence-electron chi connectivity index (χ2n) is 5.87. The summed E-state index contributed by atoms with van der Waals surface area (Å²) in [7, 11) is 0. The standard InChI is InChI=1S/C18H20N2/c1-13(2)3-5-17-12-16-11-15(4-6-18(16)20-17)14-7-9-19-10-8-14/h4,6-11,13H,3,5,12H2,1-2H3. The van der Waals surface area contributed by atoms with Crippen molar-refractivity contribution >= 4 is 11.4 Å². The Morgan fingerprint density at radius 2 is 1.85 bits per heavy atom. The second-order valence-corrected chi connectivity index (χ2v) is 5.87. The predicted molar refractivity (Wildman–Crippen MR) is 84.5 cm³/mol. The van der Waals surface area contributed by atoms with Gasteiger partial charge in [-0.1, -0.05) is 19.9 Å². The fourth-order valence-electron chi connectivity index (χ4n) is 2.59. The Morgan fingerprint density at radius 3 is 2.60 bits per heavy atom. The van der Waals surface area contributed by atoms with Gasteiger partial charge in [0.25, 0.3) is 0 Å². The van der Waals surface area contributed by atoms with Crippen LogP contribution in [0.2, 0.25) is 0 Å². The van der Waals surface area contributed by atoms with Gasteiger partial charge in [-0.25, -0.2) is 0 Å². The lowest BCUT2D eigenvalue weighted by molar-refractivity contribution is 0.602. The first-order valence-corrected chi connectivity index (χ1v) is 7.32. The van der Waals surface area contributed by atoms with Gasteiger partial charge in [0.05, 0.1) is 5.69 Å². The van der Waals surface area contributed by atoms with Gasteiger partial charge in [-0.2, -0.15) is 0 Å². The Bertz CT molecular complexity index is 627. The number of benzene rings is 1. The molecule has 3 rings (SSSR count). The molecule has 2 heterocycles. The molecule has 2 nitrogen and oxygen atoms in total. The summed E-state index contributed by atoms with van der Waals surface area (Å²) in [6, 6.07) is 10.7. The van der Waals surface area contributed by atoms with E-state index in [0.29, 0.717) is 0 Å². The third-order valence-corrected chi connectivity index (χ3v) is 3.78. The fourth-order valence-corrected chi connectivity index (χ4v) is 2.59. The number of hydrogen-bond donors (Lipinski definition) is 0. The Labute approximate surface area is 120 Å². The summed E-state index contributed by atoms with van der Waals surface area (Å²) in [6.45, 7) is 4.54. The van der Waals surface area contributed by atoms with Crippen LogP contribution in [-0.2, 0) is 6.42 Å². The van der Waals surface area contributed by atoms with E-state index in [0.717, 1.165) is 24.4 Å². The van der Waals surface area contributed by atoms with Crippen molar-refractivity contribution in [1.29, 1.82) is 0 Å². The van der Waals surface area contributed by atoms with Crippen LogP contribution < -0.4 is 0 Å². The normalized spacial score (nSPS) is 13.4. The van der Waals surface area contributed by atoms with Gasteiger partial charge >= 0.3 is 0 Å². The zero-order chi connectivity index (χ0) is 13.9. The lowest BCUT2D eigenvalue weighted by atomic mass is 9.99. The highest BCUT2D eigenvalue weighted by Crippen LogP contribution is 2.32. The van der Waals surface area contributed by atoms with E-state index in [-0.39, 0.29) is 0 Å². The van der Waals surface area contributed by atoms with Gasteiger partial charge in [0.2, 0.25) is 0 Å². The zero-order valence-corrected chi connectivity index (χ0v) is 12.1. The minimum absolute atomic E-state index is 0.744. The number of rotatable bonds is 4. The molecule has 102 valence electrons. The van der Waals surface area contributed by atoms with Crippen molar-refractivity contribution < 1.29 is 0 Å². The van der Waals surface area contributed by atoms with E-state index in [1.807, 2.05) is 12.4 Å². The molecule has 0 saturated carbocycles. The van der Waals surface area contributed by atoms with E-state index < -0.39 is 0 Å². The Hall–Kier alpha value is -1.96. The predicted octanol–water partition coefficient (Wildman–Crippen LogP) is 4.81. The maximum absolute atomic E-state index is 4.76. The van der Waals surface area contributed by atoms with Crippen LogP contribution in [0, 0.1) is 5.92 Å². The molecule has 1 aromatic carbocycles. The van der Waals surface area contributed by atoms with Crippen LogP contribution >= 0.6 is 0 Å². The van der Waals surface area contributed by atoms with Crippen molar-refractivity contribution in [2.24, 2.45) is 10.9 Å². The molecule has 0 aliphatic carbocycles. The number of aliphatic imine (C=N–C) groups is 1. The van der Waals surface area contributed by atoms with Gasteiger partial charge in [0.15, 0.2) is 0 Å². The van der Waals surface area contributed by atoms with Crippen LogP contribution in [-0.4, -0.2) is 10.7 Å². The van der Waals surface area contributed by atoms with E-state index in [9.17, 15) is 0 Å². The summed E-state index contributed by atoms with van der Waals surface area (Å²) in [4.78, 5) is 8.84. The minimum Gasteiger partial charge on any atom is -0.265 e. The number of pyridine rings is 1. The van der Waals surface area contributed by atoms with Gasteiger partial charge in [0, 0.05) is 24.5 Å². The van der Waals surface area contributed by atoms with E-state index in [4.69, 9.17) is 4.99 Å². The molecule has 0 atom stereocenters. The molecule has 0 spiro atoms. The first-order valence-electron chi connectivity index (χ1n) is 7.32. The van der Waals surface area contributed by atoms with Crippen LogP contribution in [0.1, 0.15) is 32.3 Å². The lowest BCUT2D eigenvalue weighted by Crippen LogP contribution is -2.00. The fraction of sp³-hybridized carbons (Fsp3) is 0.333. The highest BCUT2D eigenvalue weighted by Gasteiger charge is 2.15. The summed E-state index contributed by atoms with van der Waals surface area (Å²) in [5, 5.41) is 0. The number of aromatic nitrogens is 1. The van der Waals surface area contributed by atoms with Crippen LogP contribution in [0.25, 0.3) is 11.1 Å². The average Bonchev–Trinajstić information content (AvgIpc) is 2.88. The summed E-state index contributed by atoms with van der Waals surface area (Å²) in [5.41, 5.74) is 6.32. The van der Waals surface area contributed by atoms with Crippen molar-refractivity contribution in [2.75, 3.05) is 0 Å². The molecule has 0 radical (unpaired) electrons. The summed E-state index contributed by atoms with van der Waals surface area (Å²) in [6.07, 6.45) is 7.04. The molecule has 0 amide bonds. The van der Waals surface area contributed by atoms with Gasteiger partial charge in [0.1, 0.15) is 0 Å². The maximum Gasteiger partial charge on any atom is 0.0665 e. The van der Waals surface area contributed by atoms with Crippen molar-refractivity contribution in [2.45, 2.75) is 33.1 Å². The van der Waals surface area contributed by atoms with Gasteiger partial charge < -0.3 is 0 Å². The average molecular weight is 264 g/mol. The third kappa shape index (κ3) is 2.79. The molecule has 0 fully saturated rings. The van der Waals surface area contributed by atoms with Crippen LogP contribution in [0.4, 0.5) is 5.69 Å². The van der Waals surface area contributed by atoms with E-state index in [1.54, 1.807) is 0 Å². The van der Waals surface area contributed by atoms with E-state index >= 15 is 0 Å². The molecule has 1 aromatic heterocycles. The second kappa shape index (κ2) is 5.58. The molecule has 0 bridgehead atoms. The van der Waals surface area contributed by atoms with Crippen molar-refractivity contribution in [1.82, 2.24) is 4.98 Å². The van der Waals surface area contributed by atoms with Crippen LogP contribution in [0.5, 0.6) is 0 Å². The quantitative estimate of drug-likeness (QED) is 0.777. The topological polar surface area (TPSA) is 25.2 Å². The van der Waals surface area contributed by atoms with E-state index in [2.05, 4.69) is 49.2 Å². The lowest BCUT2D eigenvalue weighted by Gasteiger charge is -2.04. The van der Waals surface area contributed by atoms with Crippen molar-refractivity contribution in [3.63, 3.8) is 0 Å². The highest BCUT2D eigenvalue weighted by molar-refractivity contribution is 5.94. The summed E-state index contributed by atoms with van der Waals surface area (Å²) < 4.78 is 0. The number of hydrogen-bond acceptors (Lipinski definition) is 2. The first kappa shape index (κ1) is 13.0. The minimum atomic E-state index is 0.744. The van der Waals surface area contributed by atoms with Gasteiger partial charge in [-0.15, -0.1) is 0 Å². The molecule has 20 heavy (non-hydrogen) atoms. The molecule has 1 aliphatic rings. The zero-order valence-electron chi connectivity index (χ0n) is 12.1. The van der Waals surface area contributed by atoms with Crippen LogP contribution in [0.3, 0.4) is 0 Å². The van der Waals surface area contributed by atoms with Crippen molar-refractivity contribution in [3.8, 4) is 11.1 Å². The molecule has 2 heteroatoms. The summed E-state index contributed by atoms with van der Waals surface area (Å²) >= 11 is 0. The van der Waals surface area contributed by atoms with Crippen molar-refractivity contribution in [3.05, 3.63) is 48.3 Å². The van der Waals surface area contributed by atoms with Gasteiger partial charge in [-0.3, -0.25) is 9.98 Å². The third-order valence-electron chi connectivity index (χ3n) is 3.78. The molecule has 2 aromatic rings. The number of nitrogens with zero attached hydrogens (tertiary/aromatic N) is 2. The number of fused-ring (bicyclic) bond motifs is 1. The van der Waals surface area contributed by atoms with Crippen LogP contribution in [0.15, 0.2) is 47.7 Å². The maximum atomic E-state index is 4.76. The molecule has 0 unspecified atom stereocenters. The monoisotopic (exact) mass is 264 g/mol. The Kier molecular flexibility index (Phi) is 3.64. The molecule has 0 N–H and O–H groups in total. The molecule has 1 aliphatic heterocycles. The summed E-state index contributed by atoms with van der Waals surface area (Å²) in [5.74, 6) is 0.744. The molecular formula is C18H20N2. The smallest absolute Gasteiger partial charge is 0.0665 e. The SMILES string of the molecule is CC(C)CCC1=Nc2ccc(-c3ccncc3)cc2C1. The Morgan fingerprint density at radius 1 is 1.05 bits per heavy atom.